The van der Waals surface area contributed by atoms with Crippen LogP contribution in [-0.4, -0.2) is 19.5 Å². The lowest BCUT2D eigenvalue weighted by Gasteiger charge is -2.11. The highest BCUT2D eigenvalue weighted by molar-refractivity contribution is 7.89. The van der Waals surface area contributed by atoms with E-state index in [2.05, 4.69) is 4.72 Å². The molecule has 6 heteroatoms. The van der Waals surface area contributed by atoms with Gasteiger partial charge < -0.3 is 4.57 Å². The molecule has 0 bridgehead atoms. The minimum absolute atomic E-state index is 0.0693. The summed E-state index contributed by atoms with van der Waals surface area (Å²) in [6, 6.07) is 8.75. The number of aromatic nitrogens is 1. The molecule has 1 N–H and O–H groups in total. The second kappa shape index (κ2) is 5.76. The van der Waals surface area contributed by atoms with E-state index in [0.29, 0.717) is 6.54 Å². The average Bonchev–Trinajstić information content (AvgIpc) is 2.71. The first-order valence-electron chi connectivity index (χ1n) is 6.28. The SMILES string of the molecule is Cc1ccc(C)n1CCNS(=O)(=O)c1ccc(F)cc1. The Balaban J connectivity index is 2.01. The summed E-state index contributed by atoms with van der Waals surface area (Å²) in [6.07, 6.45) is 0. The maximum absolute atomic E-state index is 12.8. The van der Waals surface area contributed by atoms with Gasteiger partial charge in [0, 0.05) is 24.5 Å². The molecule has 0 saturated carbocycles. The highest BCUT2D eigenvalue weighted by Crippen LogP contribution is 2.10. The van der Waals surface area contributed by atoms with Gasteiger partial charge in [0.2, 0.25) is 10.0 Å². The molecule has 2 aromatic rings. The third-order valence-electron chi connectivity index (χ3n) is 3.17. The Morgan fingerprint density at radius 2 is 1.60 bits per heavy atom. The number of hydrogen-bond donors (Lipinski definition) is 1. The fourth-order valence-corrected chi connectivity index (χ4v) is 3.06. The van der Waals surface area contributed by atoms with Crippen molar-refractivity contribution in [2.45, 2.75) is 25.3 Å². The van der Waals surface area contributed by atoms with Crippen LogP contribution in [0.5, 0.6) is 0 Å². The zero-order valence-corrected chi connectivity index (χ0v) is 12.2. The number of rotatable bonds is 5. The molecule has 108 valence electrons. The van der Waals surface area contributed by atoms with Gasteiger partial charge in [0.05, 0.1) is 4.90 Å². The van der Waals surface area contributed by atoms with Gasteiger partial charge in [-0.3, -0.25) is 0 Å². The van der Waals surface area contributed by atoms with Crippen LogP contribution in [0, 0.1) is 19.7 Å². The molecule has 1 aromatic carbocycles. The molecular formula is C14H17FN2O2S. The van der Waals surface area contributed by atoms with Crippen LogP contribution < -0.4 is 4.72 Å². The van der Waals surface area contributed by atoms with Crippen LogP contribution in [0.15, 0.2) is 41.3 Å². The predicted octanol–water partition coefficient (Wildman–Crippen LogP) is 2.22. The van der Waals surface area contributed by atoms with Crippen molar-refractivity contribution in [3.8, 4) is 0 Å². The van der Waals surface area contributed by atoms with E-state index in [1.54, 1.807) is 0 Å². The van der Waals surface area contributed by atoms with E-state index in [9.17, 15) is 12.8 Å². The van der Waals surface area contributed by atoms with Crippen LogP contribution in [0.1, 0.15) is 11.4 Å². The van der Waals surface area contributed by atoms with E-state index in [4.69, 9.17) is 0 Å². The molecule has 0 aliphatic rings. The molecule has 0 saturated heterocycles. The van der Waals surface area contributed by atoms with Gasteiger partial charge in [0.1, 0.15) is 5.82 Å². The fourth-order valence-electron chi connectivity index (χ4n) is 2.04. The lowest BCUT2D eigenvalue weighted by atomic mass is 10.4. The molecule has 20 heavy (non-hydrogen) atoms. The summed E-state index contributed by atoms with van der Waals surface area (Å²) < 4.78 is 41.3. The molecule has 0 spiro atoms. The molecule has 0 atom stereocenters. The molecule has 2 rings (SSSR count). The van der Waals surface area contributed by atoms with Crippen LogP contribution in [0.3, 0.4) is 0 Å². The largest absolute Gasteiger partial charge is 0.348 e. The lowest BCUT2D eigenvalue weighted by molar-refractivity contribution is 0.569. The number of sulfonamides is 1. The molecule has 0 fully saturated rings. The third-order valence-corrected chi connectivity index (χ3v) is 4.65. The van der Waals surface area contributed by atoms with Crippen molar-refractivity contribution < 1.29 is 12.8 Å². The number of halogens is 1. The molecule has 0 unspecified atom stereocenters. The van der Waals surface area contributed by atoms with Crippen molar-refractivity contribution in [3.63, 3.8) is 0 Å². The zero-order chi connectivity index (χ0) is 14.8. The predicted molar refractivity (Wildman–Crippen MR) is 75.5 cm³/mol. The molecule has 1 aromatic heterocycles. The smallest absolute Gasteiger partial charge is 0.240 e. The zero-order valence-electron chi connectivity index (χ0n) is 11.4. The number of benzene rings is 1. The van der Waals surface area contributed by atoms with Gasteiger partial charge in [-0.15, -0.1) is 0 Å². The van der Waals surface area contributed by atoms with Crippen LogP contribution in [0.4, 0.5) is 4.39 Å². The Morgan fingerprint density at radius 3 is 2.15 bits per heavy atom. The van der Waals surface area contributed by atoms with E-state index in [-0.39, 0.29) is 11.4 Å². The van der Waals surface area contributed by atoms with Gasteiger partial charge in [-0.2, -0.15) is 0 Å². The summed E-state index contributed by atoms with van der Waals surface area (Å²) in [4.78, 5) is 0.0693. The number of nitrogens with zero attached hydrogens (tertiary/aromatic N) is 1. The maximum atomic E-state index is 12.8. The van der Waals surface area contributed by atoms with Crippen LogP contribution in [-0.2, 0) is 16.6 Å². The summed E-state index contributed by atoms with van der Waals surface area (Å²) >= 11 is 0. The molecule has 0 amide bonds. The van der Waals surface area contributed by atoms with Gasteiger partial charge in [0.25, 0.3) is 0 Å². The highest BCUT2D eigenvalue weighted by atomic mass is 32.2. The van der Waals surface area contributed by atoms with Crippen molar-refractivity contribution >= 4 is 10.0 Å². The first-order chi connectivity index (χ1) is 9.40. The summed E-state index contributed by atoms with van der Waals surface area (Å²) in [5.41, 5.74) is 2.17. The molecule has 0 aliphatic heterocycles. The Hall–Kier alpha value is -1.66. The van der Waals surface area contributed by atoms with Crippen molar-refractivity contribution in [1.82, 2.24) is 9.29 Å². The van der Waals surface area contributed by atoms with Gasteiger partial charge in [-0.25, -0.2) is 17.5 Å². The number of nitrogens with one attached hydrogen (secondary N) is 1. The summed E-state index contributed by atoms with van der Waals surface area (Å²) in [5, 5.41) is 0. The van der Waals surface area contributed by atoms with Crippen molar-refractivity contribution in [1.29, 1.82) is 0 Å². The number of hydrogen-bond acceptors (Lipinski definition) is 2. The third kappa shape index (κ3) is 3.26. The van der Waals surface area contributed by atoms with E-state index < -0.39 is 15.8 Å². The van der Waals surface area contributed by atoms with E-state index in [0.717, 1.165) is 23.5 Å². The molecular weight excluding hydrogens is 279 g/mol. The summed E-state index contributed by atoms with van der Waals surface area (Å²) in [5.74, 6) is -0.456. The lowest BCUT2D eigenvalue weighted by Crippen LogP contribution is -2.27. The average molecular weight is 296 g/mol. The van der Waals surface area contributed by atoms with Crippen LogP contribution >= 0.6 is 0 Å². The van der Waals surface area contributed by atoms with E-state index >= 15 is 0 Å². The first-order valence-corrected chi connectivity index (χ1v) is 7.76. The van der Waals surface area contributed by atoms with E-state index in [1.165, 1.54) is 12.1 Å². The van der Waals surface area contributed by atoms with E-state index in [1.807, 2.05) is 30.5 Å². The molecule has 4 nitrogen and oxygen atoms in total. The van der Waals surface area contributed by atoms with Gasteiger partial charge in [0.15, 0.2) is 0 Å². The van der Waals surface area contributed by atoms with Crippen molar-refractivity contribution in [3.05, 3.63) is 53.6 Å². The molecule has 1 heterocycles. The standard InChI is InChI=1S/C14H17FN2O2S/c1-11-3-4-12(2)17(11)10-9-16-20(18,19)14-7-5-13(15)6-8-14/h3-8,16H,9-10H2,1-2H3. The van der Waals surface area contributed by atoms with Crippen molar-refractivity contribution in [2.24, 2.45) is 0 Å². The quantitative estimate of drug-likeness (QED) is 0.920. The second-order valence-corrected chi connectivity index (χ2v) is 6.39. The number of aryl methyl sites for hydroxylation is 2. The minimum atomic E-state index is -3.59. The minimum Gasteiger partial charge on any atom is -0.348 e. The summed E-state index contributed by atoms with van der Waals surface area (Å²) in [7, 11) is -3.59. The monoisotopic (exact) mass is 296 g/mol. The first kappa shape index (κ1) is 14.7. The summed E-state index contributed by atoms with van der Waals surface area (Å²) in [6.45, 7) is 4.80. The normalized spacial score (nSPS) is 11.8. The Bertz CT molecular complexity index is 671. The van der Waals surface area contributed by atoms with Crippen molar-refractivity contribution in [2.75, 3.05) is 6.54 Å². The van der Waals surface area contributed by atoms with Crippen LogP contribution in [0.25, 0.3) is 0 Å². The highest BCUT2D eigenvalue weighted by Gasteiger charge is 2.13. The topological polar surface area (TPSA) is 51.1 Å². The Labute approximate surface area is 118 Å². The Kier molecular flexibility index (Phi) is 4.25. The second-order valence-electron chi connectivity index (χ2n) is 4.62. The van der Waals surface area contributed by atoms with Gasteiger partial charge in [-0.05, 0) is 50.2 Å². The van der Waals surface area contributed by atoms with Gasteiger partial charge >= 0.3 is 0 Å². The molecule has 0 aliphatic carbocycles. The Morgan fingerprint density at radius 1 is 1.05 bits per heavy atom. The maximum Gasteiger partial charge on any atom is 0.240 e. The van der Waals surface area contributed by atoms with Gasteiger partial charge in [-0.1, -0.05) is 0 Å². The fraction of sp³-hybridized carbons (Fsp3) is 0.286. The van der Waals surface area contributed by atoms with Crippen LogP contribution in [0.2, 0.25) is 0 Å². The molecule has 0 radical (unpaired) electrons.